The minimum atomic E-state index is -4.37. The number of alkyl halides is 3. The average molecular weight is 292 g/mol. The summed E-state index contributed by atoms with van der Waals surface area (Å²) in [7, 11) is 0. The normalized spacial score (nSPS) is 12.0. The molecule has 0 spiro atoms. The van der Waals surface area contributed by atoms with Crippen LogP contribution in [0.25, 0.3) is 16.9 Å². The van der Waals surface area contributed by atoms with E-state index < -0.39 is 11.7 Å². The lowest BCUT2D eigenvalue weighted by Crippen LogP contribution is -2.06. The molecule has 108 valence electrons. The van der Waals surface area contributed by atoms with E-state index in [2.05, 4.69) is 9.97 Å². The van der Waals surface area contributed by atoms with E-state index in [1.54, 1.807) is 12.1 Å². The van der Waals surface area contributed by atoms with Crippen molar-refractivity contribution in [1.29, 1.82) is 0 Å². The summed E-state index contributed by atoms with van der Waals surface area (Å²) in [5.74, 6) is 0.183. The predicted molar refractivity (Wildman–Crippen MR) is 73.0 cm³/mol. The van der Waals surface area contributed by atoms with Gasteiger partial charge in [-0.05, 0) is 43.3 Å². The van der Waals surface area contributed by atoms with Crippen LogP contribution >= 0.6 is 0 Å². The summed E-state index contributed by atoms with van der Waals surface area (Å²) < 4.78 is 39.3. The number of aryl methyl sites for hydroxylation is 1. The van der Waals surface area contributed by atoms with Crippen molar-refractivity contribution in [1.82, 2.24) is 14.5 Å². The van der Waals surface area contributed by atoms with Crippen LogP contribution in [-0.4, -0.2) is 14.5 Å². The summed E-state index contributed by atoms with van der Waals surface area (Å²) in [4.78, 5) is 8.50. The first-order valence-electron chi connectivity index (χ1n) is 6.15. The van der Waals surface area contributed by atoms with Crippen molar-refractivity contribution in [3.05, 3.63) is 47.7 Å². The number of hydrogen-bond acceptors (Lipinski definition) is 3. The van der Waals surface area contributed by atoms with Crippen molar-refractivity contribution in [3.63, 3.8) is 0 Å². The van der Waals surface area contributed by atoms with Crippen molar-refractivity contribution < 1.29 is 13.2 Å². The maximum Gasteiger partial charge on any atom is 0.416 e. The van der Waals surface area contributed by atoms with Crippen LogP contribution in [0.2, 0.25) is 0 Å². The lowest BCUT2D eigenvalue weighted by Gasteiger charge is -2.09. The van der Waals surface area contributed by atoms with Crippen LogP contribution in [0.1, 0.15) is 11.3 Å². The van der Waals surface area contributed by atoms with Gasteiger partial charge >= 0.3 is 6.18 Å². The molecule has 3 rings (SSSR count). The molecule has 2 heterocycles. The Kier molecular flexibility index (Phi) is 2.86. The fourth-order valence-corrected chi connectivity index (χ4v) is 2.12. The maximum atomic E-state index is 12.6. The molecule has 0 radical (unpaired) electrons. The lowest BCUT2D eigenvalue weighted by molar-refractivity contribution is -0.137. The van der Waals surface area contributed by atoms with Gasteiger partial charge in [0.05, 0.1) is 11.3 Å². The number of imidazole rings is 1. The zero-order valence-corrected chi connectivity index (χ0v) is 11.0. The Hall–Kier alpha value is -2.57. The largest absolute Gasteiger partial charge is 0.416 e. The first-order valence-corrected chi connectivity index (χ1v) is 6.15. The van der Waals surface area contributed by atoms with Crippen molar-refractivity contribution in [2.45, 2.75) is 13.1 Å². The second-order valence-corrected chi connectivity index (χ2v) is 4.65. The molecular formula is C14H11F3N4. The molecule has 0 aliphatic heterocycles. The third kappa shape index (κ3) is 2.31. The van der Waals surface area contributed by atoms with Crippen LogP contribution in [0.5, 0.6) is 0 Å². The summed E-state index contributed by atoms with van der Waals surface area (Å²) in [6, 6.07) is 8.29. The Bertz CT molecular complexity index is 803. The Morgan fingerprint density at radius 2 is 1.67 bits per heavy atom. The predicted octanol–water partition coefficient (Wildman–Crippen LogP) is 3.33. The average Bonchev–Trinajstić information content (AvgIpc) is 2.73. The number of benzene rings is 1. The van der Waals surface area contributed by atoms with Gasteiger partial charge in [-0.15, -0.1) is 0 Å². The third-order valence-electron chi connectivity index (χ3n) is 3.12. The Labute approximate surface area is 118 Å². The van der Waals surface area contributed by atoms with Gasteiger partial charge in [-0.25, -0.2) is 9.97 Å². The highest BCUT2D eigenvalue weighted by atomic mass is 19.4. The molecule has 7 heteroatoms. The number of rotatable bonds is 1. The number of nitrogens with two attached hydrogens (primary N) is 1. The van der Waals surface area contributed by atoms with E-state index in [-0.39, 0.29) is 5.95 Å². The van der Waals surface area contributed by atoms with E-state index >= 15 is 0 Å². The van der Waals surface area contributed by atoms with Gasteiger partial charge in [0, 0.05) is 5.69 Å². The van der Waals surface area contributed by atoms with Crippen LogP contribution in [0.4, 0.5) is 19.1 Å². The SMILES string of the molecule is Cc1ccc2nc(N)n(-c3ccc(C(F)(F)F)cc3)c2n1. The van der Waals surface area contributed by atoms with E-state index in [1.165, 1.54) is 16.7 Å². The van der Waals surface area contributed by atoms with Crippen molar-refractivity contribution in [3.8, 4) is 5.69 Å². The molecule has 21 heavy (non-hydrogen) atoms. The van der Waals surface area contributed by atoms with E-state index in [0.717, 1.165) is 17.8 Å². The number of nitrogen functional groups attached to an aromatic ring is 1. The number of aromatic nitrogens is 3. The summed E-state index contributed by atoms with van der Waals surface area (Å²) in [6.45, 7) is 1.82. The Morgan fingerprint density at radius 1 is 1.00 bits per heavy atom. The lowest BCUT2D eigenvalue weighted by atomic mass is 10.2. The number of halogens is 3. The Balaban J connectivity index is 2.16. The zero-order valence-electron chi connectivity index (χ0n) is 11.0. The topological polar surface area (TPSA) is 56.7 Å². The number of hydrogen-bond donors (Lipinski definition) is 1. The van der Waals surface area contributed by atoms with Crippen molar-refractivity contribution >= 4 is 17.1 Å². The molecule has 0 fully saturated rings. The second kappa shape index (κ2) is 4.47. The Morgan fingerprint density at radius 3 is 2.29 bits per heavy atom. The molecule has 0 saturated heterocycles. The van der Waals surface area contributed by atoms with Crippen molar-refractivity contribution in [2.24, 2.45) is 0 Å². The molecule has 0 unspecified atom stereocenters. The molecule has 0 atom stereocenters. The van der Waals surface area contributed by atoms with Gasteiger partial charge in [0.2, 0.25) is 5.95 Å². The molecule has 0 amide bonds. The monoisotopic (exact) mass is 292 g/mol. The molecule has 4 nitrogen and oxygen atoms in total. The summed E-state index contributed by atoms with van der Waals surface area (Å²) in [5.41, 5.74) is 7.52. The second-order valence-electron chi connectivity index (χ2n) is 4.65. The van der Waals surface area contributed by atoms with Gasteiger partial charge < -0.3 is 5.73 Å². The molecule has 1 aromatic carbocycles. The molecule has 0 saturated carbocycles. The fourth-order valence-electron chi connectivity index (χ4n) is 2.12. The molecule has 2 N–H and O–H groups in total. The van der Waals surface area contributed by atoms with Crippen LogP contribution in [0.3, 0.4) is 0 Å². The molecule has 3 aromatic rings. The number of pyridine rings is 1. The fraction of sp³-hybridized carbons (Fsp3) is 0.143. The highest BCUT2D eigenvalue weighted by Crippen LogP contribution is 2.30. The van der Waals surface area contributed by atoms with E-state index in [4.69, 9.17) is 5.73 Å². The van der Waals surface area contributed by atoms with Gasteiger partial charge in [0.25, 0.3) is 0 Å². The van der Waals surface area contributed by atoms with E-state index in [0.29, 0.717) is 16.9 Å². The number of nitrogens with zero attached hydrogens (tertiary/aromatic N) is 3. The molecule has 2 aromatic heterocycles. The van der Waals surface area contributed by atoms with Crippen LogP contribution in [0.15, 0.2) is 36.4 Å². The zero-order chi connectivity index (χ0) is 15.2. The standard InChI is InChI=1S/C14H11F3N4/c1-8-2-7-11-12(19-8)21(13(18)20-11)10-5-3-9(4-6-10)14(15,16)17/h2-7H,1H3,(H2,18,20). The molecule has 0 bridgehead atoms. The van der Waals surface area contributed by atoms with Gasteiger partial charge in [0.1, 0.15) is 5.52 Å². The highest BCUT2D eigenvalue weighted by molar-refractivity contribution is 5.77. The first-order chi connectivity index (χ1) is 9.86. The highest BCUT2D eigenvalue weighted by Gasteiger charge is 2.30. The number of fused-ring (bicyclic) bond motifs is 1. The maximum absolute atomic E-state index is 12.6. The van der Waals surface area contributed by atoms with Gasteiger partial charge in [-0.3, -0.25) is 4.57 Å². The number of anilines is 1. The molecule has 0 aliphatic carbocycles. The minimum absolute atomic E-state index is 0.183. The van der Waals surface area contributed by atoms with Gasteiger partial charge in [0.15, 0.2) is 5.65 Å². The van der Waals surface area contributed by atoms with E-state index in [9.17, 15) is 13.2 Å². The first kappa shape index (κ1) is 13.4. The summed E-state index contributed by atoms with van der Waals surface area (Å²) >= 11 is 0. The third-order valence-corrected chi connectivity index (χ3v) is 3.12. The van der Waals surface area contributed by atoms with Crippen molar-refractivity contribution in [2.75, 3.05) is 5.73 Å². The van der Waals surface area contributed by atoms with Gasteiger partial charge in [-0.2, -0.15) is 13.2 Å². The minimum Gasteiger partial charge on any atom is -0.369 e. The summed E-state index contributed by atoms with van der Waals surface area (Å²) in [5, 5.41) is 0. The molecule has 0 aliphatic rings. The van der Waals surface area contributed by atoms with E-state index in [1.807, 2.05) is 6.92 Å². The molecular weight excluding hydrogens is 281 g/mol. The quantitative estimate of drug-likeness (QED) is 0.748. The van der Waals surface area contributed by atoms with Crippen LogP contribution in [-0.2, 0) is 6.18 Å². The van der Waals surface area contributed by atoms with Crippen LogP contribution in [0, 0.1) is 6.92 Å². The smallest absolute Gasteiger partial charge is 0.369 e. The van der Waals surface area contributed by atoms with Gasteiger partial charge in [-0.1, -0.05) is 0 Å². The summed E-state index contributed by atoms with van der Waals surface area (Å²) in [6.07, 6.45) is -4.37. The van der Waals surface area contributed by atoms with Crippen LogP contribution < -0.4 is 5.73 Å².